The first kappa shape index (κ1) is 13.0. The summed E-state index contributed by atoms with van der Waals surface area (Å²) in [6, 6.07) is 2.97. The average Bonchev–Trinajstić information content (AvgIpc) is 2.71. The van der Waals surface area contributed by atoms with Crippen molar-refractivity contribution >= 4 is 43.3 Å². The Bertz CT molecular complexity index is 643. The van der Waals surface area contributed by atoms with Crippen LogP contribution in [-0.4, -0.2) is 16.9 Å². The number of Topliss-reactive ketones (excluding diaryl/α,β-unsaturated/α-hetero) is 1. The predicted octanol–water partition coefficient (Wildman–Crippen LogP) is 4.09. The molecular formula is C13H11BrFNO2S. The van der Waals surface area contributed by atoms with Gasteiger partial charge in [-0.15, -0.1) is 11.3 Å². The van der Waals surface area contributed by atoms with E-state index in [9.17, 15) is 9.18 Å². The Morgan fingerprint density at radius 3 is 3.05 bits per heavy atom. The molecule has 3 rings (SSSR count). The van der Waals surface area contributed by atoms with E-state index in [4.69, 9.17) is 4.74 Å². The van der Waals surface area contributed by atoms with Crippen molar-refractivity contribution in [3.63, 3.8) is 0 Å². The third-order valence-electron chi connectivity index (χ3n) is 3.18. The summed E-state index contributed by atoms with van der Waals surface area (Å²) < 4.78 is 21.0. The fourth-order valence-electron chi connectivity index (χ4n) is 2.22. The normalized spacial score (nSPS) is 19.9. The predicted molar refractivity (Wildman–Crippen MR) is 75.2 cm³/mol. The smallest absolute Gasteiger partial charge is 0.173 e. The maximum atomic E-state index is 13.9. The molecule has 0 bridgehead atoms. The van der Waals surface area contributed by atoms with Gasteiger partial charge in [-0.25, -0.2) is 9.37 Å². The first-order valence-corrected chi connectivity index (χ1v) is 7.69. The molecule has 1 aliphatic rings. The highest BCUT2D eigenvalue weighted by Gasteiger charge is 2.25. The molecule has 0 spiro atoms. The molecule has 1 fully saturated rings. The van der Waals surface area contributed by atoms with Crippen LogP contribution in [0.5, 0.6) is 5.75 Å². The summed E-state index contributed by atoms with van der Waals surface area (Å²) in [5.74, 6) is -0.260. The van der Waals surface area contributed by atoms with Gasteiger partial charge < -0.3 is 4.74 Å². The molecule has 1 heterocycles. The lowest BCUT2D eigenvalue weighted by atomic mass is 9.96. The van der Waals surface area contributed by atoms with Crippen LogP contribution in [-0.2, 0) is 4.79 Å². The van der Waals surface area contributed by atoms with E-state index in [2.05, 4.69) is 20.9 Å². The van der Waals surface area contributed by atoms with Gasteiger partial charge in [-0.05, 0) is 35.2 Å². The number of nitrogens with zero attached hydrogens (tertiary/aromatic N) is 1. The minimum atomic E-state index is -0.503. The highest BCUT2D eigenvalue weighted by molar-refractivity contribution is 9.11. The Morgan fingerprint density at radius 1 is 1.42 bits per heavy atom. The zero-order valence-corrected chi connectivity index (χ0v) is 12.4. The van der Waals surface area contributed by atoms with E-state index < -0.39 is 11.9 Å². The number of hydrogen-bond acceptors (Lipinski definition) is 4. The summed E-state index contributed by atoms with van der Waals surface area (Å²) in [4.78, 5) is 15.9. The summed E-state index contributed by atoms with van der Waals surface area (Å²) in [7, 11) is 0. The average molecular weight is 344 g/mol. The molecule has 1 aromatic heterocycles. The number of fused-ring (bicyclic) bond motifs is 1. The van der Waals surface area contributed by atoms with Crippen LogP contribution >= 0.6 is 27.3 Å². The maximum Gasteiger partial charge on any atom is 0.173 e. The van der Waals surface area contributed by atoms with Crippen molar-refractivity contribution in [3.8, 4) is 5.75 Å². The molecule has 3 nitrogen and oxygen atoms in total. The second kappa shape index (κ2) is 5.17. The van der Waals surface area contributed by atoms with Gasteiger partial charge in [0.1, 0.15) is 0 Å². The van der Waals surface area contributed by atoms with Crippen molar-refractivity contribution in [1.29, 1.82) is 0 Å². The van der Waals surface area contributed by atoms with Gasteiger partial charge >= 0.3 is 0 Å². The van der Waals surface area contributed by atoms with Crippen LogP contribution in [0, 0.1) is 5.82 Å². The number of aromatic nitrogens is 1. The lowest BCUT2D eigenvalue weighted by molar-refractivity contribution is -0.127. The van der Waals surface area contributed by atoms with Crippen molar-refractivity contribution < 1.29 is 13.9 Å². The van der Waals surface area contributed by atoms with Gasteiger partial charge in [-0.1, -0.05) is 0 Å². The molecule has 0 aliphatic heterocycles. The number of rotatable bonds is 2. The molecule has 0 amide bonds. The maximum absolute atomic E-state index is 13.9. The SMILES string of the molecule is O=C1CCCCC1Oc1cc2sc(Br)nc2cc1F. The molecule has 0 saturated heterocycles. The second-order valence-corrected chi connectivity index (χ2v) is 6.84. The fraction of sp³-hybridized carbons (Fsp3) is 0.385. The highest BCUT2D eigenvalue weighted by Crippen LogP contribution is 2.32. The summed E-state index contributed by atoms with van der Waals surface area (Å²) in [5.41, 5.74) is 0.594. The number of hydrogen-bond donors (Lipinski definition) is 0. The topological polar surface area (TPSA) is 39.2 Å². The molecule has 1 saturated carbocycles. The molecule has 19 heavy (non-hydrogen) atoms. The molecule has 1 unspecified atom stereocenters. The van der Waals surface area contributed by atoms with Crippen LogP contribution < -0.4 is 4.74 Å². The molecule has 1 atom stereocenters. The number of ketones is 1. The summed E-state index contributed by atoms with van der Waals surface area (Å²) >= 11 is 4.68. The highest BCUT2D eigenvalue weighted by atomic mass is 79.9. The van der Waals surface area contributed by atoms with Gasteiger partial charge in [0.05, 0.1) is 10.2 Å². The van der Waals surface area contributed by atoms with Crippen LogP contribution in [0.2, 0.25) is 0 Å². The Labute approximate surface area is 121 Å². The molecule has 2 aromatic rings. The van der Waals surface area contributed by atoms with E-state index in [0.717, 1.165) is 17.5 Å². The third kappa shape index (κ3) is 2.65. The van der Waals surface area contributed by atoms with E-state index in [1.54, 1.807) is 6.07 Å². The van der Waals surface area contributed by atoms with Gasteiger partial charge in [0.2, 0.25) is 0 Å². The minimum absolute atomic E-state index is 0.0660. The van der Waals surface area contributed by atoms with Crippen molar-refractivity contribution in [2.45, 2.75) is 31.8 Å². The number of carbonyl (C=O) groups is 1. The minimum Gasteiger partial charge on any atom is -0.480 e. The fourth-order valence-corrected chi connectivity index (χ4v) is 3.64. The number of benzene rings is 1. The number of ether oxygens (including phenoxy) is 1. The van der Waals surface area contributed by atoms with E-state index in [1.807, 2.05) is 0 Å². The van der Waals surface area contributed by atoms with Crippen molar-refractivity contribution in [2.24, 2.45) is 0 Å². The third-order valence-corrected chi connectivity index (χ3v) is 4.65. The van der Waals surface area contributed by atoms with Gasteiger partial charge in [0, 0.05) is 18.6 Å². The number of thiazole rings is 1. The molecular weight excluding hydrogens is 333 g/mol. The van der Waals surface area contributed by atoms with Gasteiger partial charge in [0.15, 0.2) is 27.4 Å². The second-order valence-electron chi connectivity index (χ2n) is 4.54. The van der Waals surface area contributed by atoms with E-state index in [-0.39, 0.29) is 11.5 Å². The Balaban J connectivity index is 1.91. The Kier molecular flexibility index (Phi) is 3.54. The van der Waals surface area contributed by atoms with Crippen molar-refractivity contribution in [3.05, 3.63) is 21.9 Å². The van der Waals surface area contributed by atoms with E-state index in [1.165, 1.54) is 17.4 Å². The van der Waals surface area contributed by atoms with Gasteiger partial charge in [-0.2, -0.15) is 0 Å². The first-order valence-electron chi connectivity index (χ1n) is 6.08. The first-order chi connectivity index (χ1) is 9.13. The number of carbonyl (C=O) groups excluding carboxylic acids is 1. The quantitative estimate of drug-likeness (QED) is 0.824. The van der Waals surface area contributed by atoms with Crippen LogP contribution in [0.25, 0.3) is 10.2 Å². The Morgan fingerprint density at radius 2 is 2.26 bits per heavy atom. The lowest BCUT2D eigenvalue weighted by Gasteiger charge is -2.21. The van der Waals surface area contributed by atoms with Crippen molar-refractivity contribution in [2.75, 3.05) is 0 Å². The lowest BCUT2D eigenvalue weighted by Crippen LogP contribution is -2.30. The molecule has 100 valence electrons. The molecule has 0 radical (unpaired) electrons. The van der Waals surface area contributed by atoms with E-state index >= 15 is 0 Å². The monoisotopic (exact) mass is 343 g/mol. The van der Waals surface area contributed by atoms with Crippen LogP contribution in [0.1, 0.15) is 25.7 Å². The molecule has 1 aromatic carbocycles. The van der Waals surface area contributed by atoms with Gasteiger partial charge in [0.25, 0.3) is 0 Å². The summed E-state index contributed by atoms with van der Waals surface area (Å²) in [6.45, 7) is 0. The standard InChI is InChI=1S/C13H11BrFNO2S/c14-13-16-8-5-7(15)11(6-12(8)19-13)18-10-4-2-1-3-9(10)17/h5-6,10H,1-4H2. The molecule has 1 aliphatic carbocycles. The van der Waals surface area contributed by atoms with Gasteiger partial charge in [-0.3, -0.25) is 4.79 Å². The van der Waals surface area contributed by atoms with Crippen LogP contribution in [0.15, 0.2) is 16.0 Å². The largest absolute Gasteiger partial charge is 0.480 e. The number of halogens is 2. The summed E-state index contributed by atoms with van der Waals surface area (Å²) in [6.07, 6.45) is 2.55. The molecule has 0 N–H and O–H groups in total. The zero-order chi connectivity index (χ0) is 13.4. The van der Waals surface area contributed by atoms with Crippen LogP contribution in [0.3, 0.4) is 0 Å². The van der Waals surface area contributed by atoms with Crippen LogP contribution in [0.4, 0.5) is 4.39 Å². The Hall–Kier alpha value is -1.01. The molecule has 6 heteroatoms. The zero-order valence-electron chi connectivity index (χ0n) is 9.99. The van der Waals surface area contributed by atoms with E-state index in [0.29, 0.717) is 22.3 Å². The summed E-state index contributed by atoms with van der Waals surface area (Å²) in [5, 5.41) is 0. The van der Waals surface area contributed by atoms with Crippen molar-refractivity contribution in [1.82, 2.24) is 4.98 Å².